The van der Waals surface area contributed by atoms with Gasteiger partial charge in [0.2, 0.25) is 5.91 Å². The predicted molar refractivity (Wildman–Crippen MR) is 65.7 cm³/mol. The molecular weight excluding hydrogens is 202 g/mol. The maximum atomic E-state index is 11.8. The fraction of sp³-hybridized carbons (Fsp3) is 0.417. The number of nitrogens with two attached hydrogens (primary N) is 1. The molecule has 1 aromatic carbocycles. The third kappa shape index (κ3) is 1.55. The number of fused-ring (bicyclic) bond motifs is 1. The summed E-state index contributed by atoms with van der Waals surface area (Å²) in [4.78, 5) is 13.7. The summed E-state index contributed by atoms with van der Waals surface area (Å²) in [5.41, 5.74) is 8.85. The number of hydrogen-bond acceptors (Lipinski definition) is 3. The van der Waals surface area contributed by atoms with Crippen molar-refractivity contribution in [3.63, 3.8) is 0 Å². The van der Waals surface area contributed by atoms with Gasteiger partial charge in [-0.1, -0.05) is 19.1 Å². The fourth-order valence-corrected chi connectivity index (χ4v) is 2.21. The van der Waals surface area contributed by atoms with Crippen molar-refractivity contribution in [3.8, 4) is 0 Å². The number of nitrogens with one attached hydrogen (secondary N) is 1. The number of nitrogens with zero attached hydrogens (tertiary/aromatic N) is 1. The Morgan fingerprint density at radius 3 is 2.88 bits per heavy atom. The zero-order valence-electron chi connectivity index (χ0n) is 9.66. The van der Waals surface area contributed by atoms with Gasteiger partial charge in [-0.05, 0) is 18.1 Å². The number of aryl methyl sites for hydroxylation is 1. The van der Waals surface area contributed by atoms with E-state index in [1.54, 1.807) is 0 Å². The highest BCUT2D eigenvalue weighted by Gasteiger charge is 2.30. The van der Waals surface area contributed by atoms with E-state index in [2.05, 4.69) is 18.3 Å². The number of carbonyl (C=O) groups excluding carboxylic acids is 1. The molecule has 1 atom stereocenters. The summed E-state index contributed by atoms with van der Waals surface area (Å²) in [6, 6.07) is 5.71. The molecule has 0 radical (unpaired) electrons. The molecule has 0 spiro atoms. The first kappa shape index (κ1) is 11.0. The molecule has 86 valence electrons. The summed E-state index contributed by atoms with van der Waals surface area (Å²) in [6.07, 6.45) is 0.945. The van der Waals surface area contributed by atoms with Crippen molar-refractivity contribution in [1.82, 2.24) is 0 Å². The van der Waals surface area contributed by atoms with Crippen molar-refractivity contribution in [2.24, 2.45) is 5.73 Å². The van der Waals surface area contributed by atoms with Crippen LogP contribution in [0.2, 0.25) is 0 Å². The van der Waals surface area contributed by atoms with Gasteiger partial charge < -0.3 is 16.0 Å². The molecule has 16 heavy (non-hydrogen) atoms. The van der Waals surface area contributed by atoms with Crippen LogP contribution in [-0.4, -0.2) is 25.5 Å². The minimum absolute atomic E-state index is 0.0225. The summed E-state index contributed by atoms with van der Waals surface area (Å²) in [7, 11) is 1.92. The third-order valence-corrected chi connectivity index (χ3v) is 3.10. The van der Waals surface area contributed by atoms with Crippen LogP contribution in [0.25, 0.3) is 0 Å². The number of hydrogen-bond donors (Lipinski definition) is 2. The van der Waals surface area contributed by atoms with E-state index in [0.717, 1.165) is 17.8 Å². The standard InChI is InChI=1S/C12H17N3O/c1-3-8-5-4-6-9-11(8)15(2)10(7-13)12(16)14-9/h4-6,10H,3,7,13H2,1-2H3,(H,14,16). The normalized spacial score (nSPS) is 19.3. The van der Waals surface area contributed by atoms with Crippen molar-refractivity contribution >= 4 is 17.3 Å². The van der Waals surface area contributed by atoms with E-state index < -0.39 is 0 Å². The monoisotopic (exact) mass is 219 g/mol. The smallest absolute Gasteiger partial charge is 0.248 e. The van der Waals surface area contributed by atoms with E-state index >= 15 is 0 Å². The zero-order valence-corrected chi connectivity index (χ0v) is 9.66. The molecule has 1 aliphatic heterocycles. The lowest BCUT2D eigenvalue weighted by molar-refractivity contribution is -0.117. The van der Waals surface area contributed by atoms with Crippen LogP contribution in [0.3, 0.4) is 0 Å². The van der Waals surface area contributed by atoms with Crippen molar-refractivity contribution in [1.29, 1.82) is 0 Å². The molecule has 1 unspecified atom stereocenters. The third-order valence-electron chi connectivity index (χ3n) is 3.10. The van der Waals surface area contributed by atoms with Gasteiger partial charge in [0, 0.05) is 13.6 Å². The molecular formula is C12H17N3O. The second-order valence-electron chi connectivity index (χ2n) is 4.02. The Bertz CT molecular complexity index is 417. The maximum absolute atomic E-state index is 11.8. The van der Waals surface area contributed by atoms with Crippen LogP contribution in [0.1, 0.15) is 12.5 Å². The molecule has 0 saturated carbocycles. The molecule has 1 aromatic rings. The van der Waals surface area contributed by atoms with Gasteiger partial charge in [0.25, 0.3) is 0 Å². The number of amides is 1. The minimum atomic E-state index is -0.264. The maximum Gasteiger partial charge on any atom is 0.248 e. The molecule has 4 heteroatoms. The summed E-state index contributed by atoms with van der Waals surface area (Å²) in [5.74, 6) is -0.0225. The Morgan fingerprint density at radius 2 is 2.25 bits per heavy atom. The van der Waals surface area contributed by atoms with Gasteiger partial charge in [-0.3, -0.25) is 4.79 Å². The predicted octanol–water partition coefficient (Wildman–Crippen LogP) is 0.965. The summed E-state index contributed by atoms with van der Waals surface area (Å²) in [5, 5.41) is 2.91. The lowest BCUT2D eigenvalue weighted by Gasteiger charge is -2.36. The van der Waals surface area contributed by atoms with E-state index in [1.807, 2.05) is 24.1 Å². The van der Waals surface area contributed by atoms with Gasteiger partial charge in [0.15, 0.2) is 0 Å². The number of benzene rings is 1. The van der Waals surface area contributed by atoms with Crippen LogP contribution >= 0.6 is 0 Å². The van der Waals surface area contributed by atoms with E-state index in [4.69, 9.17) is 5.73 Å². The Balaban J connectivity index is 2.51. The van der Waals surface area contributed by atoms with Crippen LogP contribution in [-0.2, 0) is 11.2 Å². The van der Waals surface area contributed by atoms with Gasteiger partial charge in [-0.15, -0.1) is 0 Å². The average Bonchev–Trinajstić information content (AvgIpc) is 2.28. The van der Waals surface area contributed by atoms with Crippen LogP contribution in [0, 0.1) is 0 Å². The molecule has 1 amide bonds. The average molecular weight is 219 g/mol. The van der Waals surface area contributed by atoms with E-state index in [1.165, 1.54) is 5.56 Å². The van der Waals surface area contributed by atoms with Gasteiger partial charge >= 0.3 is 0 Å². The highest BCUT2D eigenvalue weighted by molar-refractivity contribution is 6.04. The number of anilines is 2. The van der Waals surface area contributed by atoms with Crippen molar-refractivity contribution in [3.05, 3.63) is 23.8 Å². The topological polar surface area (TPSA) is 58.4 Å². The van der Waals surface area contributed by atoms with Crippen LogP contribution in [0.4, 0.5) is 11.4 Å². The summed E-state index contributed by atoms with van der Waals surface area (Å²) < 4.78 is 0. The van der Waals surface area contributed by atoms with Crippen molar-refractivity contribution in [2.75, 3.05) is 23.8 Å². The van der Waals surface area contributed by atoms with E-state index in [-0.39, 0.29) is 11.9 Å². The van der Waals surface area contributed by atoms with Crippen molar-refractivity contribution in [2.45, 2.75) is 19.4 Å². The number of likely N-dealkylation sites (N-methyl/N-ethyl adjacent to an activating group) is 1. The van der Waals surface area contributed by atoms with Crippen molar-refractivity contribution < 1.29 is 4.79 Å². The number of carbonyl (C=O) groups is 1. The van der Waals surface area contributed by atoms with Crippen LogP contribution in [0.5, 0.6) is 0 Å². The Kier molecular flexibility index (Phi) is 2.83. The molecule has 3 N–H and O–H groups in total. The fourth-order valence-electron chi connectivity index (χ4n) is 2.21. The van der Waals surface area contributed by atoms with E-state index in [9.17, 15) is 4.79 Å². The first-order chi connectivity index (χ1) is 7.69. The van der Waals surface area contributed by atoms with Gasteiger partial charge in [-0.2, -0.15) is 0 Å². The number of para-hydroxylation sites is 1. The molecule has 2 rings (SSSR count). The van der Waals surface area contributed by atoms with E-state index in [0.29, 0.717) is 6.54 Å². The Morgan fingerprint density at radius 1 is 1.50 bits per heavy atom. The summed E-state index contributed by atoms with van der Waals surface area (Å²) in [6.45, 7) is 2.44. The van der Waals surface area contributed by atoms with Crippen LogP contribution < -0.4 is 16.0 Å². The second kappa shape index (κ2) is 4.14. The van der Waals surface area contributed by atoms with Gasteiger partial charge in [0.1, 0.15) is 6.04 Å². The highest BCUT2D eigenvalue weighted by atomic mass is 16.2. The lowest BCUT2D eigenvalue weighted by Crippen LogP contribution is -2.50. The molecule has 4 nitrogen and oxygen atoms in total. The van der Waals surface area contributed by atoms with Gasteiger partial charge in [-0.25, -0.2) is 0 Å². The first-order valence-electron chi connectivity index (χ1n) is 5.54. The lowest BCUT2D eigenvalue weighted by atomic mass is 10.0. The Labute approximate surface area is 95.4 Å². The molecule has 0 bridgehead atoms. The quantitative estimate of drug-likeness (QED) is 0.779. The second-order valence-corrected chi connectivity index (χ2v) is 4.02. The highest BCUT2D eigenvalue weighted by Crippen LogP contribution is 2.34. The molecule has 0 saturated heterocycles. The molecule has 1 aliphatic rings. The van der Waals surface area contributed by atoms with Crippen LogP contribution in [0.15, 0.2) is 18.2 Å². The molecule has 1 heterocycles. The molecule has 0 aromatic heterocycles. The zero-order chi connectivity index (χ0) is 11.7. The SMILES string of the molecule is CCc1cccc2c1N(C)C(CN)C(=O)N2. The molecule has 0 aliphatic carbocycles. The largest absolute Gasteiger partial charge is 0.360 e. The minimum Gasteiger partial charge on any atom is -0.360 e. The van der Waals surface area contributed by atoms with Gasteiger partial charge in [0.05, 0.1) is 11.4 Å². The molecule has 0 fully saturated rings. The number of rotatable bonds is 2. The summed E-state index contributed by atoms with van der Waals surface area (Å²) >= 11 is 0. The Hall–Kier alpha value is -1.55. The first-order valence-corrected chi connectivity index (χ1v) is 5.54.